The van der Waals surface area contributed by atoms with Crippen molar-refractivity contribution in [2.75, 3.05) is 13.2 Å². The number of nitrogens with zero attached hydrogens (tertiary/aromatic N) is 3. The van der Waals surface area contributed by atoms with Gasteiger partial charge in [0.1, 0.15) is 12.7 Å². The molecule has 24 heavy (non-hydrogen) atoms. The first-order valence-corrected chi connectivity index (χ1v) is 7.10. The van der Waals surface area contributed by atoms with E-state index in [2.05, 4.69) is 10.0 Å². The highest BCUT2D eigenvalue weighted by atomic mass is 19.4. The third kappa shape index (κ3) is 3.09. The highest BCUT2D eigenvalue weighted by Crippen LogP contribution is 2.45. The van der Waals surface area contributed by atoms with Crippen molar-refractivity contribution < 1.29 is 22.6 Å². The van der Waals surface area contributed by atoms with E-state index in [0.717, 1.165) is 6.07 Å². The lowest BCUT2D eigenvalue weighted by Gasteiger charge is -2.28. The van der Waals surface area contributed by atoms with Crippen molar-refractivity contribution >= 4 is 0 Å². The van der Waals surface area contributed by atoms with Gasteiger partial charge in [-0.15, -0.1) is 0 Å². The third-order valence-corrected chi connectivity index (χ3v) is 3.56. The summed E-state index contributed by atoms with van der Waals surface area (Å²) >= 11 is 0. The lowest BCUT2D eigenvalue weighted by Crippen LogP contribution is -2.31. The number of azide groups is 1. The fourth-order valence-electron chi connectivity index (χ4n) is 2.53. The maximum atomic E-state index is 13.3. The zero-order valence-corrected chi connectivity index (χ0v) is 12.3. The summed E-state index contributed by atoms with van der Waals surface area (Å²) in [7, 11) is 0. The summed E-state index contributed by atoms with van der Waals surface area (Å²) in [5.41, 5.74) is 7.93. The quantitative estimate of drug-likeness (QED) is 0.458. The van der Waals surface area contributed by atoms with Crippen LogP contribution in [-0.4, -0.2) is 19.3 Å². The van der Waals surface area contributed by atoms with E-state index < -0.39 is 17.8 Å². The van der Waals surface area contributed by atoms with Gasteiger partial charge in [-0.2, -0.15) is 13.2 Å². The van der Waals surface area contributed by atoms with E-state index in [9.17, 15) is 13.2 Å². The first-order valence-electron chi connectivity index (χ1n) is 7.10. The van der Waals surface area contributed by atoms with Gasteiger partial charge in [-0.25, -0.2) is 0 Å². The second-order valence-electron chi connectivity index (χ2n) is 5.14. The smallest absolute Gasteiger partial charge is 0.417 e. The van der Waals surface area contributed by atoms with Gasteiger partial charge in [0, 0.05) is 10.5 Å². The summed E-state index contributed by atoms with van der Waals surface area (Å²) in [4.78, 5) is 2.65. The average molecular weight is 335 g/mol. The lowest BCUT2D eigenvalue weighted by atomic mass is 9.98. The molecule has 0 saturated carbocycles. The second kappa shape index (κ2) is 6.33. The Morgan fingerprint density at radius 2 is 1.88 bits per heavy atom. The van der Waals surface area contributed by atoms with Crippen molar-refractivity contribution in [2.45, 2.75) is 12.3 Å². The normalized spacial score (nSPS) is 16.4. The predicted octanol–water partition coefficient (Wildman–Crippen LogP) is 4.82. The molecular weight excluding hydrogens is 323 g/mol. The first kappa shape index (κ1) is 16.0. The topological polar surface area (TPSA) is 67.2 Å². The van der Waals surface area contributed by atoms with E-state index >= 15 is 0 Å². The fourth-order valence-corrected chi connectivity index (χ4v) is 2.53. The van der Waals surface area contributed by atoms with Crippen LogP contribution in [0.25, 0.3) is 21.6 Å². The Kier molecular flexibility index (Phi) is 4.22. The van der Waals surface area contributed by atoms with Gasteiger partial charge in [0.2, 0.25) is 0 Å². The number of fused-ring (bicyclic) bond motifs is 1. The highest BCUT2D eigenvalue weighted by molar-refractivity contribution is 5.77. The Morgan fingerprint density at radius 1 is 1.12 bits per heavy atom. The Morgan fingerprint density at radius 3 is 2.62 bits per heavy atom. The minimum Gasteiger partial charge on any atom is -0.486 e. The Labute approximate surface area is 135 Å². The van der Waals surface area contributed by atoms with Crippen molar-refractivity contribution in [1.29, 1.82) is 0 Å². The number of hydrogen-bond acceptors (Lipinski definition) is 3. The number of halogens is 3. The second-order valence-corrected chi connectivity index (χ2v) is 5.14. The van der Waals surface area contributed by atoms with Crippen LogP contribution < -0.4 is 9.47 Å². The molecule has 2 aromatic rings. The lowest BCUT2D eigenvalue weighted by molar-refractivity contribution is -0.137. The SMILES string of the molecule is [N-]=[N+]=NCC1COc2cccc(-c3ccccc3C(F)(F)F)c2O1. The van der Waals surface area contributed by atoms with Gasteiger partial charge >= 0.3 is 6.18 Å². The van der Waals surface area contributed by atoms with Crippen LogP contribution >= 0.6 is 0 Å². The molecular formula is C16H12F3N3O2. The summed E-state index contributed by atoms with van der Waals surface area (Å²) in [6.45, 7) is 0.196. The van der Waals surface area contributed by atoms with Gasteiger partial charge < -0.3 is 9.47 Å². The number of ether oxygens (including phenoxy) is 2. The molecule has 3 rings (SSSR count). The maximum absolute atomic E-state index is 13.3. The Balaban J connectivity index is 2.07. The van der Waals surface area contributed by atoms with Crippen LogP contribution in [0.2, 0.25) is 0 Å². The number of para-hydroxylation sites is 1. The zero-order chi connectivity index (χ0) is 17.2. The minimum absolute atomic E-state index is 0.00915. The Bertz CT molecular complexity index is 801. The van der Waals surface area contributed by atoms with Crippen LogP contribution in [0.15, 0.2) is 47.6 Å². The molecule has 0 aromatic heterocycles. The number of hydrogen-bond donors (Lipinski definition) is 0. The van der Waals surface area contributed by atoms with E-state index in [1.165, 1.54) is 18.2 Å². The molecule has 124 valence electrons. The van der Waals surface area contributed by atoms with E-state index in [1.807, 2.05) is 0 Å². The van der Waals surface area contributed by atoms with E-state index in [4.69, 9.17) is 15.0 Å². The van der Waals surface area contributed by atoms with E-state index in [-0.39, 0.29) is 30.0 Å². The molecule has 0 spiro atoms. The molecule has 0 radical (unpaired) electrons. The summed E-state index contributed by atoms with van der Waals surface area (Å²) in [6.07, 6.45) is -5.04. The van der Waals surface area contributed by atoms with Crippen LogP contribution in [0.3, 0.4) is 0 Å². The van der Waals surface area contributed by atoms with Gasteiger partial charge in [-0.3, -0.25) is 0 Å². The molecule has 0 N–H and O–H groups in total. The molecule has 0 aliphatic carbocycles. The van der Waals surface area contributed by atoms with Gasteiger partial charge in [0.25, 0.3) is 0 Å². The largest absolute Gasteiger partial charge is 0.486 e. The summed E-state index contributed by atoms with van der Waals surface area (Å²) in [5, 5.41) is 3.42. The van der Waals surface area contributed by atoms with Crippen molar-refractivity contribution in [3.8, 4) is 22.6 Å². The van der Waals surface area contributed by atoms with Crippen LogP contribution in [0.4, 0.5) is 13.2 Å². The predicted molar refractivity (Wildman–Crippen MR) is 80.8 cm³/mol. The van der Waals surface area contributed by atoms with Crippen molar-refractivity contribution in [3.63, 3.8) is 0 Å². The number of alkyl halides is 3. The van der Waals surface area contributed by atoms with Crippen molar-refractivity contribution in [3.05, 3.63) is 58.5 Å². The van der Waals surface area contributed by atoms with Gasteiger partial charge in [0.15, 0.2) is 11.5 Å². The van der Waals surface area contributed by atoms with Gasteiger partial charge in [-0.05, 0) is 23.2 Å². The molecule has 0 fully saturated rings. The molecule has 0 saturated heterocycles. The van der Waals surface area contributed by atoms with Crippen molar-refractivity contribution in [1.82, 2.24) is 0 Å². The third-order valence-electron chi connectivity index (χ3n) is 3.56. The van der Waals surface area contributed by atoms with E-state index in [1.54, 1.807) is 18.2 Å². The zero-order valence-electron chi connectivity index (χ0n) is 12.3. The average Bonchev–Trinajstić information content (AvgIpc) is 2.58. The first-order chi connectivity index (χ1) is 11.5. The van der Waals surface area contributed by atoms with E-state index in [0.29, 0.717) is 5.75 Å². The summed E-state index contributed by atoms with van der Waals surface area (Å²) in [6, 6.07) is 10.1. The van der Waals surface area contributed by atoms with Crippen LogP contribution in [-0.2, 0) is 6.18 Å². The molecule has 5 nitrogen and oxygen atoms in total. The molecule has 1 heterocycles. The van der Waals surface area contributed by atoms with Gasteiger partial charge in [0.05, 0.1) is 12.1 Å². The molecule has 1 aliphatic heterocycles. The Hall–Kier alpha value is -2.86. The minimum atomic E-state index is -4.49. The van der Waals surface area contributed by atoms with Crippen molar-refractivity contribution in [2.24, 2.45) is 5.11 Å². The number of rotatable bonds is 3. The van der Waals surface area contributed by atoms with Crippen LogP contribution in [0.5, 0.6) is 11.5 Å². The molecule has 1 aliphatic rings. The molecule has 2 aromatic carbocycles. The van der Waals surface area contributed by atoms with Gasteiger partial charge in [-0.1, -0.05) is 35.4 Å². The standard InChI is InChI=1S/C16H12F3N3O2/c17-16(18,19)13-6-2-1-4-11(13)12-5-3-7-14-15(12)24-10(9-23-14)8-21-22-20/h1-7,10H,8-9H2. The molecule has 8 heteroatoms. The maximum Gasteiger partial charge on any atom is 0.417 e. The molecule has 0 bridgehead atoms. The number of benzene rings is 2. The highest BCUT2D eigenvalue weighted by Gasteiger charge is 2.35. The molecule has 1 unspecified atom stereocenters. The summed E-state index contributed by atoms with van der Waals surface area (Å²) < 4.78 is 51.1. The van der Waals surface area contributed by atoms with Crippen LogP contribution in [0, 0.1) is 0 Å². The fraction of sp³-hybridized carbons (Fsp3) is 0.250. The van der Waals surface area contributed by atoms with Crippen LogP contribution in [0.1, 0.15) is 5.56 Å². The molecule has 1 atom stereocenters. The monoisotopic (exact) mass is 335 g/mol. The summed E-state index contributed by atoms with van der Waals surface area (Å²) in [5.74, 6) is 0.584. The molecule has 0 amide bonds.